The fraction of sp³-hybridized carbons (Fsp3) is 0.941. The van der Waals surface area contributed by atoms with Crippen LogP contribution in [0.3, 0.4) is 0 Å². The van der Waals surface area contributed by atoms with Crippen molar-refractivity contribution in [1.29, 1.82) is 0 Å². The average Bonchev–Trinajstić information content (AvgIpc) is 2.40. The summed E-state index contributed by atoms with van der Waals surface area (Å²) in [6.45, 7) is 0. The molecular formula is C17H27NO2. The second-order valence-corrected chi connectivity index (χ2v) is 8.18. The van der Waals surface area contributed by atoms with Gasteiger partial charge in [0.2, 0.25) is 5.91 Å². The van der Waals surface area contributed by atoms with Gasteiger partial charge in [-0.3, -0.25) is 4.79 Å². The fourth-order valence-electron chi connectivity index (χ4n) is 5.95. The number of nitrogens with one attached hydrogen (secondary N) is 1. The number of amides is 1. The number of hydrogen-bond acceptors (Lipinski definition) is 2. The number of aliphatic hydroxyl groups excluding tert-OH is 1. The molecule has 1 amide bonds. The van der Waals surface area contributed by atoms with Crippen LogP contribution in [0.4, 0.5) is 0 Å². The molecule has 0 aliphatic heterocycles. The van der Waals surface area contributed by atoms with Crippen molar-refractivity contribution in [1.82, 2.24) is 5.32 Å². The summed E-state index contributed by atoms with van der Waals surface area (Å²) >= 11 is 0. The Labute approximate surface area is 121 Å². The molecule has 0 atom stereocenters. The largest absolute Gasteiger partial charge is 0.393 e. The van der Waals surface area contributed by atoms with Crippen LogP contribution in [0.25, 0.3) is 0 Å². The molecule has 0 heterocycles. The van der Waals surface area contributed by atoms with Crippen LogP contribution in [0.15, 0.2) is 0 Å². The molecule has 4 bridgehead atoms. The topological polar surface area (TPSA) is 49.3 Å². The minimum Gasteiger partial charge on any atom is -0.393 e. The number of rotatable bonds is 2. The Morgan fingerprint density at radius 1 is 0.900 bits per heavy atom. The lowest BCUT2D eigenvalue weighted by Crippen LogP contribution is -2.55. The number of aliphatic hydroxyl groups is 1. The van der Waals surface area contributed by atoms with Crippen LogP contribution >= 0.6 is 0 Å². The second-order valence-electron chi connectivity index (χ2n) is 8.18. The van der Waals surface area contributed by atoms with Crippen LogP contribution in [-0.2, 0) is 4.79 Å². The van der Waals surface area contributed by atoms with Crippen LogP contribution in [0.1, 0.15) is 64.2 Å². The summed E-state index contributed by atoms with van der Waals surface area (Å²) in [4.78, 5) is 12.9. The first-order valence-electron chi connectivity index (χ1n) is 8.62. The van der Waals surface area contributed by atoms with E-state index >= 15 is 0 Å². The highest BCUT2D eigenvalue weighted by molar-refractivity contribution is 5.83. The van der Waals surface area contributed by atoms with E-state index in [0.717, 1.165) is 62.7 Å². The van der Waals surface area contributed by atoms with Crippen molar-refractivity contribution in [2.24, 2.45) is 23.2 Å². The molecule has 0 saturated heterocycles. The lowest BCUT2D eigenvalue weighted by atomic mass is 9.49. The number of carbonyl (C=O) groups excluding carboxylic acids is 1. The smallest absolute Gasteiger partial charge is 0.226 e. The van der Waals surface area contributed by atoms with Crippen LogP contribution in [0.5, 0.6) is 0 Å². The third-order valence-electron chi connectivity index (χ3n) is 6.55. The summed E-state index contributed by atoms with van der Waals surface area (Å²) in [5, 5.41) is 12.9. The van der Waals surface area contributed by atoms with Crippen LogP contribution in [0.2, 0.25) is 0 Å². The summed E-state index contributed by atoms with van der Waals surface area (Å²) in [7, 11) is 0. The molecule has 0 aromatic heterocycles. The second kappa shape index (κ2) is 4.72. The van der Waals surface area contributed by atoms with Gasteiger partial charge in [0.25, 0.3) is 0 Å². The molecule has 0 unspecified atom stereocenters. The zero-order valence-electron chi connectivity index (χ0n) is 12.3. The van der Waals surface area contributed by atoms with Gasteiger partial charge < -0.3 is 10.4 Å². The third-order valence-corrected chi connectivity index (χ3v) is 6.55. The van der Waals surface area contributed by atoms with Gasteiger partial charge in [-0.15, -0.1) is 0 Å². The Hall–Kier alpha value is -0.570. The first-order valence-corrected chi connectivity index (χ1v) is 8.62. The Balaban J connectivity index is 1.43. The molecule has 112 valence electrons. The summed E-state index contributed by atoms with van der Waals surface area (Å²) < 4.78 is 0. The van der Waals surface area contributed by atoms with Gasteiger partial charge in [0.15, 0.2) is 0 Å². The zero-order chi connectivity index (χ0) is 13.7. The van der Waals surface area contributed by atoms with E-state index in [1.54, 1.807) is 0 Å². The van der Waals surface area contributed by atoms with Gasteiger partial charge in [-0.05, 0) is 82.0 Å². The van der Waals surface area contributed by atoms with Gasteiger partial charge in [-0.1, -0.05) is 0 Å². The van der Waals surface area contributed by atoms with E-state index in [1.807, 2.05) is 0 Å². The predicted molar refractivity (Wildman–Crippen MR) is 77.0 cm³/mol. The molecule has 5 aliphatic rings. The molecule has 2 N–H and O–H groups in total. The highest BCUT2D eigenvalue weighted by atomic mass is 16.3. The Morgan fingerprint density at radius 2 is 1.40 bits per heavy atom. The van der Waals surface area contributed by atoms with Gasteiger partial charge >= 0.3 is 0 Å². The van der Waals surface area contributed by atoms with Gasteiger partial charge in [0.1, 0.15) is 0 Å². The summed E-state index contributed by atoms with van der Waals surface area (Å²) in [5.74, 6) is 2.86. The van der Waals surface area contributed by atoms with Crippen molar-refractivity contribution in [3.8, 4) is 0 Å². The zero-order valence-corrected chi connectivity index (χ0v) is 12.3. The third kappa shape index (κ3) is 2.18. The maximum absolute atomic E-state index is 12.9. The summed E-state index contributed by atoms with van der Waals surface area (Å²) in [5.41, 5.74) is -0.00911. The van der Waals surface area contributed by atoms with E-state index in [2.05, 4.69) is 5.32 Å². The van der Waals surface area contributed by atoms with E-state index in [0.29, 0.717) is 11.9 Å². The normalized spacial score (nSPS) is 50.1. The molecule has 5 fully saturated rings. The van der Waals surface area contributed by atoms with Gasteiger partial charge in [-0.2, -0.15) is 0 Å². The van der Waals surface area contributed by atoms with Crippen molar-refractivity contribution in [2.75, 3.05) is 0 Å². The molecule has 0 aromatic rings. The molecule has 0 radical (unpaired) electrons. The standard InChI is InChI=1S/C17H27NO2/c19-15-3-1-14(2-4-15)18-16(20)17-8-11-5-12(9-17)7-13(6-11)10-17/h11-15,19H,1-10H2,(H,18,20). The monoisotopic (exact) mass is 277 g/mol. The lowest BCUT2D eigenvalue weighted by Gasteiger charge is -2.56. The van der Waals surface area contributed by atoms with Gasteiger partial charge in [-0.25, -0.2) is 0 Å². The summed E-state index contributed by atoms with van der Waals surface area (Å²) in [6, 6.07) is 0.318. The van der Waals surface area contributed by atoms with Crippen molar-refractivity contribution < 1.29 is 9.90 Å². The lowest BCUT2D eigenvalue weighted by molar-refractivity contribution is -0.147. The Kier molecular flexibility index (Phi) is 3.10. The molecule has 5 rings (SSSR count). The van der Waals surface area contributed by atoms with Gasteiger partial charge in [0.05, 0.1) is 6.10 Å². The van der Waals surface area contributed by atoms with Crippen molar-refractivity contribution >= 4 is 5.91 Å². The average molecular weight is 277 g/mol. The minimum atomic E-state index is -0.136. The highest BCUT2D eigenvalue weighted by Crippen LogP contribution is 2.60. The van der Waals surface area contributed by atoms with E-state index in [4.69, 9.17) is 0 Å². The predicted octanol–water partition coefficient (Wildman–Crippen LogP) is 2.62. The summed E-state index contributed by atoms with van der Waals surface area (Å²) in [6.07, 6.45) is 11.1. The molecule has 0 spiro atoms. The number of carbonyl (C=O) groups is 1. The molecule has 0 aromatic carbocycles. The Bertz CT molecular complexity index is 363. The van der Waals surface area contributed by atoms with E-state index in [1.165, 1.54) is 19.3 Å². The minimum absolute atomic E-state index is 0.00911. The van der Waals surface area contributed by atoms with E-state index < -0.39 is 0 Å². The maximum Gasteiger partial charge on any atom is 0.226 e. The molecule has 3 heteroatoms. The fourth-order valence-corrected chi connectivity index (χ4v) is 5.95. The molecule has 20 heavy (non-hydrogen) atoms. The molecule has 5 aliphatic carbocycles. The van der Waals surface area contributed by atoms with Gasteiger partial charge in [0, 0.05) is 11.5 Å². The molecular weight excluding hydrogens is 250 g/mol. The van der Waals surface area contributed by atoms with Crippen LogP contribution in [-0.4, -0.2) is 23.2 Å². The number of hydrogen-bond donors (Lipinski definition) is 2. The molecule has 5 saturated carbocycles. The quantitative estimate of drug-likeness (QED) is 0.815. The Morgan fingerprint density at radius 3 is 1.90 bits per heavy atom. The van der Waals surface area contributed by atoms with E-state index in [9.17, 15) is 9.90 Å². The highest BCUT2D eigenvalue weighted by Gasteiger charge is 2.54. The van der Waals surface area contributed by atoms with Crippen LogP contribution < -0.4 is 5.32 Å². The van der Waals surface area contributed by atoms with Crippen LogP contribution in [0, 0.1) is 23.2 Å². The first-order chi connectivity index (χ1) is 9.63. The molecule has 3 nitrogen and oxygen atoms in total. The van der Waals surface area contributed by atoms with E-state index in [-0.39, 0.29) is 11.5 Å². The van der Waals surface area contributed by atoms with Crippen molar-refractivity contribution in [3.05, 3.63) is 0 Å². The van der Waals surface area contributed by atoms with Crippen molar-refractivity contribution in [2.45, 2.75) is 76.4 Å². The maximum atomic E-state index is 12.9. The van der Waals surface area contributed by atoms with Crippen molar-refractivity contribution in [3.63, 3.8) is 0 Å². The first kappa shape index (κ1) is 13.1. The SMILES string of the molecule is O=C(NC1CCC(O)CC1)C12CC3CC(CC(C3)C1)C2.